The van der Waals surface area contributed by atoms with Crippen molar-refractivity contribution in [3.63, 3.8) is 0 Å². The van der Waals surface area contributed by atoms with Crippen molar-refractivity contribution in [2.45, 2.75) is 37.5 Å². The summed E-state index contributed by atoms with van der Waals surface area (Å²) in [6, 6.07) is 7.29. The molecule has 1 aromatic carbocycles. The first-order valence-corrected chi connectivity index (χ1v) is 9.86. The Hall–Kier alpha value is -1.68. The zero-order valence-corrected chi connectivity index (χ0v) is 16.1. The number of aliphatic hydroxyl groups is 1. The topological polar surface area (TPSA) is 112 Å². The molecule has 9 nitrogen and oxygen atoms in total. The van der Waals surface area contributed by atoms with Crippen molar-refractivity contribution in [1.29, 1.82) is 0 Å². The number of rotatable bonds is 4. The van der Waals surface area contributed by atoms with Crippen LogP contribution in [0.4, 0.5) is 0 Å². The van der Waals surface area contributed by atoms with Gasteiger partial charge in [-0.2, -0.15) is 0 Å². The first kappa shape index (κ1) is 19.6. The lowest BCUT2D eigenvalue weighted by Crippen LogP contribution is -2.45. The van der Waals surface area contributed by atoms with Crippen LogP contribution in [0, 0.1) is 0 Å². The zero-order valence-electron chi connectivity index (χ0n) is 14.4. The summed E-state index contributed by atoms with van der Waals surface area (Å²) in [7, 11) is 3.96. The smallest absolute Gasteiger partial charge is 0.399 e. The minimum atomic E-state index is -2.21. The quantitative estimate of drug-likeness (QED) is 0.435. The van der Waals surface area contributed by atoms with E-state index in [9.17, 15) is 14.7 Å². The van der Waals surface area contributed by atoms with Crippen LogP contribution in [0.25, 0.3) is 0 Å². The van der Waals surface area contributed by atoms with Gasteiger partial charge in [0.25, 0.3) is 5.56 Å². The summed E-state index contributed by atoms with van der Waals surface area (Å²) in [5.41, 5.74) is -2.72. The second-order valence-corrected chi connectivity index (χ2v) is 7.82. The van der Waals surface area contributed by atoms with Crippen molar-refractivity contribution in [3.05, 3.63) is 61.9 Å². The Morgan fingerprint density at radius 3 is 2.96 bits per heavy atom. The molecular weight excluding hydrogens is 409 g/mol. The molecule has 2 aliphatic heterocycles. The van der Waals surface area contributed by atoms with Crippen LogP contribution in [0.1, 0.15) is 24.6 Å². The van der Waals surface area contributed by atoms with Gasteiger partial charge in [0.1, 0.15) is 23.1 Å². The molecule has 0 aliphatic carbocycles. The van der Waals surface area contributed by atoms with Crippen molar-refractivity contribution < 1.29 is 23.4 Å². The molecule has 2 aromatic rings. The van der Waals surface area contributed by atoms with Crippen LogP contribution in [-0.2, 0) is 20.4 Å². The first-order valence-electron chi connectivity index (χ1n) is 8.39. The van der Waals surface area contributed by atoms with Crippen molar-refractivity contribution in [2.75, 3.05) is 0 Å². The molecule has 1 saturated heterocycles. The van der Waals surface area contributed by atoms with E-state index in [1.54, 1.807) is 6.07 Å². The van der Waals surface area contributed by atoms with E-state index in [1.807, 2.05) is 18.2 Å². The summed E-state index contributed by atoms with van der Waals surface area (Å²) in [6.07, 6.45) is 0.0913. The normalized spacial score (nSPS) is 26.3. The van der Waals surface area contributed by atoms with Gasteiger partial charge in [-0.05, 0) is 18.9 Å². The molecule has 2 aliphatic rings. The van der Waals surface area contributed by atoms with Crippen LogP contribution >= 0.6 is 20.2 Å². The fourth-order valence-corrected chi connectivity index (χ4v) is 4.20. The molecule has 3 heterocycles. The largest absolute Gasteiger partial charge is 0.426 e. The predicted molar refractivity (Wildman–Crippen MR) is 100 cm³/mol. The van der Waals surface area contributed by atoms with Crippen molar-refractivity contribution in [1.82, 2.24) is 9.55 Å². The molecule has 28 heavy (non-hydrogen) atoms. The van der Waals surface area contributed by atoms with Gasteiger partial charge in [0, 0.05) is 11.8 Å². The maximum absolute atomic E-state index is 12.0. The molecule has 0 spiro atoms. The average molecular weight is 425 g/mol. The number of para-hydroxylation sites is 1. The standard InChI is InChI=1S/C16H15BClN2O7P/c17-16(23,27-28-24-8-9-3-1-2-4-11(9)26-28)12-5-6-13(25-12)20-7-10(18)14(21)19-15(20)22/h1-4,7,12-13,23H,5-6,8H2,(H,19,21,22). The number of benzene rings is 1. The Morgan fingerprint density at radius 2 is 2.14 bits per heavy atom. The first-order chi connectivity index (χ1) is 13.3. The summed E-state index contributed by atoms with van der Waals surface area (Å²) < 4.78 is 23.3. The number of H-pyrrole nitrogens is 1. The molecule has 12 heteroatoms. The summed E-state index contributed by atoms with van der Waals surface area (Å²) in [6.45, 7) is 0.261. The molecule has 2 radical (unpaired) electrons. The lowest BCUT2D eigenvalue weighted by atomic mass is 9.88. The molecule has 0 amide bonds. The van der Waals surface area contributed by atoms with Gasteiger partial charge < -0.3 is 14.4 Å². The Balaban J connectivity index is 1.44. The van der Waals surface area contributed by atoms with Gasteiger partial charge >= 0.3 is 14.3 Å². The fourth-order valence-electron chi connectivity index (χ4n) is 2.97. The highest BCUT2D eigenvalue weighted by Gasteiger charge is 2.44. The van der Waals surface area contributed by atoms with E-state index in [0.29, 0.717) is 18.6 Å². The lowest BCUT2D eigenvalue weighted by Gasteiger charge is -2.34. The minimum Gasteiger partial charge on any atom is -0.426 e. The second-order valence-electron chi connectivity index (χ2n) is 6.34. The maximum Gasteiger partial charge on any atom is 0.399 e. The molecule has 1 fully saturated rings. The van der Waals surface area contributed by atoms with Crippen LogP contribution in [0.5, 0.6) is 5.75 Å². The Bertz CT molecular complexity index is 997. The van der Waals surface area contributed by atoms with Gasteiger partial charge in [0.15, 0.2) is 13.5 Å². The summed E-state index contributed by atoms with van der Waals surface area (Å²) in [5.74, 6) is 0.593. The number of aromatic nitrogens is 2. The molecule has 0 saturated carbocycles. The number of aromatic amines is 1. The number of nitrogens with zero attached hydrogens (tertiary/aromatic N) is 1. The second kappa shape index (κ2) is 7.63. The Kier molecular flexibility index (Phi) is 5.35. The molecule has 1 aromatic heterocycles. The predicted octanol–water partition coefficient (Wildman–Crippen LogP) is 1.53. The summed E-state index contributed by atoms with van der Waals surface area (Å²) >= 11 is 5.77. The molecule has 2 N–H and O–H groups in total. The number of hydrogen-bond donors (Lipinski definition) is 2. The highest BCUT2D eigenvalue weighted by molar-refractivity contribution is 7.42. The number of fused-ring (bicyclic) bond motifs is 1. The van der Waals surface area contributed by atoms with E-state index in [-0.39, 0.29) is 11.6 Å². The molecule has 4 rings (SSSR count). The minimum absolute atomic E-state index is 0.156. The number of hydrogen-bond acceptors (Lipinski definition) is 7. The Morgan fingerprint density at radius 1 is 1.36 bits per heavy atom. The average Bonchev–Trinajstić information content (AvgIpc) is 3.15. The number of nitrogens with one attached hydrogen (secondary N) is 1. The molecule has 0 bridgehead atoms. The van der Waals surface area contributed by atoms with Gasteiger partial charge in [0.2, 0.25) is 0 Å². The molecular formula is C16H15BClN2O7P. The molecule has 4 unspecified atom stereocenters. The van der Waals surface area contributed by atoms with Gasteiger partial charge in [-0.3, -0.25) is 23.4 Å². The summed E-state index contributed by atoms with van der Waals surface area (Å²) in [4.78, 5) is 25.5. The third-order valence-corrected chi connectivity index (χ3v) is 5.78. The van der Waals surface area contributed by atoms with Gasteiger partial charge in [-0.1, -0.05) is 29.8 Å². The Labute approximate surface area is 166 Å². The van der Waals surface area contributed by atoms with E-state index in [1.165, 1.54) is 6.20 Å². The van der Waals surface area contributed by atoms with Crippen LogP contribution < -0.4 is 15.8 Å². The number of ether oxygens (including phenoxy) is 1. The third-order valence-electron chi connectivity index (χ3n) is 4.38. The van der Waals surface area contributed by atoms with E-state index >= 15 is 0 Å². The van der Waals surface area contributed by atoms with Crippen LogP contribution in [0.2, 0.25) is 5.02 Å². The van der Waals surface area contributed by atoms with Crippen LogP contribution in [0.15, 0.2) is 40.1 Å². The van der Waals surface area contributed by atoms with Crippen LogP contribution in [0.3, 0.4) is 0 Å². The van der Waals surface area contributed by atoms with E-state index < -0.39 is 37.9 Å². The lowest BCUT2D eigenvalue weighted by molar-refractivity contribution is -0.172. The highest BCUT2D eigenvalue weighted by atomic mass is 35.5. The monoisotopic (exact) mass is 424 g/mol. The van der Waals surface area contributed by atoms with Crippen molar-refractivity contribution >= 4 is 28.0 Å². The van der Waals surface area contributed by atoms with Crippen molar-refractivity contribution in [2.24, 2.45) is 0 Å². The molecule has 146 valence electrons. The van der Waals surface area contributed by atoms with Crippen molar-refractivity contribution in [3.8, 4) is 5.75 Å². The van der Waals surface area contributed by atoms with Gasteiger partial charge in [-0.25, -0.2) is 4.79 Å². The highest BCUT2D eigenvalue weighted by Crippen LogP contribution is 2.50. The maximum atomic E-state index is 12.0. The van der Waals surface area contributed by atoms with E-state index in [0.717, 1.165) is 10.1 Å². The fraction of sp³-hybridized carbons (Fsp3) is 0.375. The van der Waals surface area contributed by atoms with Gasteiger partial charge in [-0.15, -0.1) is 0 Å². The van der Waals surface area contributed by atoms with Gasteiger partial charge in [0.05, 0.1) is 6.61 Å². The summed E-state index contributed by atoms with van der Waals surface area (Å²) in [5, 5.41) is 10.4. The zero-order chi connectivity index (χ0) is 19.9. The van der Waals surface area contributed by atoms with E-state index in [2.05, 4.69) is 4.98 Å². The van der Waals surface area contributed by atoms with Crippen LogP contribution in [-0.4, -0.2) is 34.3 Å². The van der Waals surface area contributed by atoms with E-state index in [4.69, 9.17) is 37.8 Å². The third kappa shape index (κ3) is 3.89. The molecule has 4 atom stereocenters. The SMILES string of the molecule is [B]C(O)(OP1OCc2ccccc2O1)C1CCC(n2cc(Cl)c(=O)[nH]c2=O)O1. The number of halogens is 1.